The van der Waals surface area contributed by atoms with Gasteiger partial charge < -0.3 is 14.6 Å². The van der Waals surface area contributed by atoms with Gasteiger partial charge in [-0.2, -0.15) is 13.2 Å². The number of nitrogens with one attached hydrogen (secondary N) is 1. The van der Waals surface area contributed by atoms with E-state index in [0.717, 1.165) is 28.4 Å². The van der Waals surface area contributed by atoms with E-state index >= 15 is 0 Å². The summed E-state index contributed by atoms with van der Waals surface area (Å²) in [6.45, 7) is 0. The van der Waals surface area contributed by atoms with Crippen molar-refractivity contribution in [3.05, 3.63) is 103 Å². The van der Waals surface area contributed by atoms with Gasteiger partial charge in [-0.3, -0.25) is 0 Å². The summed E-state index contributed by atoms with van der Waals surface area (Å²) < 4.78 is 47.1. The molecule has 2 heterocycles. The molecule has 5 rings (SSSR count). The number of aromatic nitrogens is 2. The first-order valence-electron chi connectivity index (χ1n) is 10.6. The smallest absolute Gasteiger partial charge is 0.416 e. The molecule has 0 radical (unpaired) electrons. The molecule has 34 heavy (non-hydrogen) atoms. The van der Waals surface area contributed by atoms with Gasteiger partial charge in [-0.15, -0.1) is 0 Å². The molecule has 0 saturated carbocycles. The van der Waals surface area contributed by atoms with Gasteiger partial charge in [-0.25, -0.2) is 4.98 Å². The number of nitrogens with zero attached hydrogens (tertiary/aromatic N) is 2. The van der Waals surface area contributed by atoms with E-state index in [0.29, 0.717) is 22.8 Å². The molecule has 170 valence electrons. The van der Waals surface area contributed by atoms with Crippen LogP contribution in [0.1, 0.15) is 5.56 Å². The van der Waals surface area contributed by atoms with E-state index in [9.17, 15) is 13.2 Å². The normalized spacial score (nSPS) is 11.5. The molecule has 0 aliphatic heterocycles. The van der Waals surface area contributed by atoms with E-state index in [1.807, 2.05) is 78.3 Å². The summed E-state index contributed by atoms with van der Waals surface area (Å²) in [5.41, 5.74) is 2.20. The first kappa shape index (κ1) is 21.6. The molecule has 0 aliphatic rings. The van der Waals surface area contributed by atoms with Gasteiger partial charge in [0.1, 0.15) is 17.3 Å². The Morgan fingerprint density at radius 3 is 2.29 bits per heavy atom. The Morgan fingerprint density at radius 2 is 1.56 bits per heavy atom. The first-order chi connectivity index (χ1) is 16.4. The third-order valence-corrected chi connectivity index (χ3v) is 5.52. The number of halogens is 3. The van der Waals surface area contributed by atoms with Crippen LogP contribution in [0.3, 0.4) is 0 Å². The van der Waals surface area contributed by atoms with Crippen LogP contribution in [-0.2, 0) is 13.2 Å². The van der Waals surface area contributed by atoms with Crippen LogP contribution in [0.4, 0.5) is 24.7 Å². The van der Waals surface area contributed by atoms with Crippen LogP contribution < -0.4 is 10.1 Å². The lowest BCUT2D eigenvalue weighted by molar-refractivity contribution is -0.137. The van der Waals surface area contributed by atoms with Crippen LogP contribution in [0.2, 0.25) is 0 Å². The second-order valence-electron chi connectivity index (χ2n) is 7.86. The Morgan fingerprint density at radius 1 is 0.824 bits per heavy atom. The van der Waals surface area contributed by atoms with Crippen molar-refractivity contribution in [3.63, 3.8) is 0 Å². The maximum Gasteiger partial charge on any atom is 0.416 e. The van der Waals surface area contributed by atoms with E-state index in [2.05, 4.69) is 10.3 Å². The van der Waals surface area contributed by atoms with E-state index in [4.69, 9.17) is 4.74 Å². The lowest BCUT2D eigenvalue weighted by atomic mass is 10.1. The van der Waals surface area contributed by atoms with Crippen molar-refractivity contribution in [1.82, 2.24) is 9.55 Å². The van der Waals surface area contributed by atoms with Gasteiger partial charge in [0.05, 0.1) is 11.1 Å². The summed E-state index contributed by atoms with van der Waals surface area (Å²) in [5, 5.41) is 4.10. The molecule has 3 aromatic carbocycles. The second-order valence-corrected chi connectivity index (χ2v) is 7.86. The van der Waals surface area contributed by atoms with Gasteiger partial charge in [0.25, 0.3) is 0 Å². The van der Waals surface area contributed by atoms with Crippen molar-refractivity contribution < 1.29 is 17.9 Å². The van der Waals surface area contributed by atoms with E-state index in [1.54, 1.807) is 12.3 Å². The second kappa shape index (κ2) is 8.59. The molecule has 0 amide bonds. The highest BCUT2D eigenvalue weighted by Crippen LogP contribution is 2.34. The summed E-state index contributed by atoms with van der Waals surface area (Å²) >= 11 is 0. The molecule has 0 bridgehead atoms. The molecule has 0 saturated heterocycles. The van der Waals surface area contributed by atoms with Crippen molar-refractivity contribution >= 4 is 22.4 Å². The van der Waals surface area contributed by atoms with Crippen LogP contribution >= 0.6 is 0 Å². The third-order valence-electron chi connectivity index (χ3n) is 5.52. The average Bonchev–Trinajstić information content (AvgIpc) is 3.16. The maximum atomic E-state index is 13.1. The number of fused-ring (bicyclic) bond motifs is 1. The van der Waals surface area contributed by atoms with Gasteiger partial charge in [0, 0.05) is 36.1 Å². The van der Waals surface area contributed by atoms with Crippen molar-refractivity contribution in [2.45, 2.75) is 6.18 Å². The predicted octanol–water partition coefficient (Wildman–Crippen LogP) is 7.80. The molecule has 5 aromatic rings. The molecular formula is C27H20F3N3O. The number of pyridine rings is 1. The van der Waals surface area contributed by atoms with Gasteiger partial charge in [0.15, 0.2) is 0 Å². The van der Waals surface area contributed by atoms with Crippen LogP contribution in [0.5, 0.6) is 11.5 Å². The molecule has 1 N–H and O–H groups in total. The minimum atomic E-state index is -4.39. The maximum absolute atomic E-state index is 13.1. The predicted molar refractivity (Wildman–Crippen MR) is 127 cm³/mol. The molecule has 0 unspecified atom stereocenters. The topological polar surface area (TPSA) is 39.1 Å². The van der Waals surface area contributed by atoms with E-state index < -0.39 is 11.7 Å². The largest absolute Gasteiger partial charge is 0.457 e. The number of alkyl halides is 3. The Balaban J connectivity index is 1.38. The summed E-state index contributed by atoms with van der Waals surface area (Å²) in [6.07, 6.45) is -2.68. The number of anilines is 2. The Kier molecular flexibility index (Phi) is 5.45. The Bertz CT molecular complexity index is 1440. The molecule has 2 aromatic heterocycles. The van der Waals surface area contributed by atoms with Gasteiger partial charge in [-0.05, 0) is 60.2 Å². The highest BCUT2D eigenvalue weighted by Gasteiger charge is 2.30. The van der Waals surface area contributed by atoms with Crippen LogP contribution in [0, 0.1) is 0 Å². The summed E-state index contributed by atoms with van der Waals surface area (Å²) in [7, 11) is 1.83. The fraction of sp³-hybridized carbons (Fsp3) is 0.0741. The van der Waals surface area contributed by atoms with Crippen molar-refractivity contribution in [2.75, 3.05) is 5.32 Å². The SMILES string of the molecule is Cn1c(-c2cccc(C(F)(F)F)c2)cc2cnc(Nc3ccc(Oc4ccccc4)cc3)cc21. The quantitative estimate of drug-likeness (QED) is 0.291. The summed E-state index contributed by atoms with van der Waals surface area (Å²) in [5.74, 6) is 2.10. The van der Waals surface area contributed by atoms with E-state index in [1.165, 1.54) is 12.1 Å². The Labute approximate surface area is 194 Å². The number of hydrogen-bond donors (Lipinski definition) is 1. The molecule has 7 heteroatoms. The zero-order valence-electron chi connectivity index (χ0n) is 18.2. The highest BCUT2D eigenvalue weighted by molar-refractivity contribution is 5.88. The van der Waals surface area contributed by atoms with Crippen molar-refractivity contribution in [2.24, 2.45) is 7.05 Å². The molecule has 4 nitrogen and oxygen atoms in total. The first-order valence-corrected chi connectivity index (χ1v) is 10.6. The summed E-state index contributed by atoms with van der Waals surface area (Å²) in [4.78, 5) is 4.46. The van der Waals surface area contributed by atoms with Crippen LogP contribution in [-0.4, -0.2) is 9.55 Å². The van der Waals surface area contributed by atoms with Crippen LogP contribution in [0.25, 0.3) is 22.2 Å². The monoisotopic (exact) mass is 459 g/mol. The summed E-state index contributed by atoms with van der Waals surface area (Å²) in [6, 6.07) is 26.1. The standard InChI is InChI=1S/C27H20F3N3O/c1-33-24(18-6-5-7-20(14-18)27(28,29)30)15-19-17-31-26(16-25(19)33)32-21-10-12-23(13-11-21)34-22-8-3-2-4-9-22/h2-17H,1H3,(H,31,32). The third kappa shape index (κ3) is 4.45. The van der Waals surface area contributed by atoms with Crippen LogP contribution in [0.15, 0.2) is 97.2 Å². The molecule has 0 aliphatic carbocycles. The molecule has 0 fully saturated rings. The molecular weight excluding hydrogens is 439 g/mol. The fourth-order valence-corrected chi connectivity index (χ4v) is 3.81. The highest BCUT2D eigenvalue weighted by atomic mass is 19.4. The number of rotatable bonds is 5. The zero-order valence-corrected chi connectivity index (χ0v) is 18.2. The van der Waals surface area contributed by atoms with Crippen molar-refractivity contribution in [1.29, 1.82) is 0 Å². The number of benzene rings is 3. The van der Waals surface area contributed by atoms with Gasteiger partial charge >= 0.3 is 6.18 Å². The van der Waals surface area contributed by atoms with Gasteiger partial charge in [0.2, 0.25) is 0 Å². The average molecular weight is 459 g/mol. The lowest BCUT2D eigenvalue weighted by Crippen LogP contribution is -2.04. The molecule has 0 atom stereocenters. The Hall–Kier alpha value is -4.26. The minimum absolute atomic E-state index is 0.497. The zero-order chi connectivity index (χ0) is 23.7. The number of ether oxygens (including phenoxy) is 1. The van der Waals surface area contributed by atoms with Crippen molar-refractivity contribution in [3.8, 4) is 22.8 Å². The number of para-hydroxylation sites is 1. The van der Waals surface area contributed by atoms with E-state index in [-0.39, 0.29) is 0 Å². The molecule has 0 spiro atoms. The minimum Gasteiger partial charge on any atom is -0.457 e. The fourth-order valence-electron chi connectivity index (χ4n) is 3.81. The number of hydrogen-bond acceptors (Lipinski definition) is 3. The van der Waals surface area contributed by atoms with Gasteiger partial charge in [-0.1, -0.05) is 30.3 Å². The number of aryl methyl sites for hydroxylation is 1. The lowest BCUT2D eigenvalue weighted by Gasteiger charge is -2.10.